The van der Waals surface area contributed by atoms with Gasteiger partial charge in [-0.3, -0.25) is 4.72 Å². The van der Waals surface area contributed by atoms with E-state index in [1.54, 1.807) is 19.1 Å². The molecule has 23 heavy (non-hydrogen) atoms. The summed E-state index contributed by atoms with van der Waals surface area (Å²) >= 11 is 7.31. The van der Waals surface area contributed by atoms with Crippen LogP contribution in [0.25, 0.3) is 0 Å². The molecule has 3 rings (SSSR count). The van der Waals surface area contributed by atoms with Gasteiger partial charge in [0.2, 0.25) is 0 Å². The smallest absolute Gasteiger partial charge is 0.263 e. The lowest BCUT2D eigenvalue weighted by atomic mass is 9.98. The quantitative estimate of drug-likeness (QED) is 0.886. The van der Waals surface area contributed by atoms with Gasteiger partial charge in [-0.2, -0.15) is 0 Å². The second kappa shape index (κ2) is 6.76. The number of nitrogens with zero attached hydrogens (tertiary/aromatic N) is 1. The summed E-state index contributed by atoms with van der Waals surface area (Å²) in [6.07, 6.45) is 1.84. The zero-order valence-corrected chi connectivity index (χ0v) is 15.0. The lowest BCUT2D eigenvalue weighted by Gasteiger charge is -2.19. The predicted octanol–water partition coefficient (Wildman–Crippen LogP) is 3.80. The van der Waals surface area contributed by atoms with E-state index in [1.165, 1.54) is 17.4 Å². The summed E-state index contributed by atoms with van der Waals surface area (Å²) in [5.41, 5.74) is 1.46. The zero-order chi connectivity index (χ0) is 16.4. The van der Waals surface area contributed by atoms with Crippen molar-refractivity contribution >= 4 is 38.1 Å². The summed E-state index contributed by atoms with van der Waals surface area (Å²) in [5.74, 6) is 0.339. The van der Waals surface area contributed by atoms with Gasteiger partial charge in [-0.15, -0.1) is 11.3 Å². The highest BCUT2D eigenvalue weighted by Crippen LogP contribution is 2.31. The van der Waals surface area contributed by atoms with Crippen molar-refractivity contribution in [3.8, 4) is 0 Å². The van der Waals surface area contributed by atoms with E-state index in [0.717, 1.165) is 31.7 Å². The second-order valence-corrected chi connectivity index (χ2v) is 8.35. The van der Waals surface area contributed by atoms with Gasteiger partial charge in [0.1, 0.15) is 0 Å². The van der Waals surface area contributed by atoms with Gasteiger partial charge in [-0.25, -0.2) is 13.4 Å². The molecule has 0 radical (unpaired) electrons. The number of aromatic nitrogens is 1. The van der Waals surface area contributed by atoms with E-state index in [4.69, 9.17) is 16.3 Å². The van der Waals surface area contributed by atoms with Crippen molar-refractivity contribution in [3.05, 3.63) is 39.9 Å². The van der Waals surface area contributed by atoms with E-state index in [9.17, 15) is 8.42 Å². The van der Waals surface area contributed by atoms with E-state index in [-0.39, 0.29) is 4.90 Å². The highest BCUT2D eigenvalue weighted by Gasteiger charge is 2.22. The highest BCUT2D eigenvalue weighted by atomic mass is 35.5. The van der Waals surface area contributed by atoms with Crippen LogP contribution in [0, 0.1) is 6.92 Å². The Balaban J connectivity index is 1.81. The molecule has 124 valence electrons. The number of rotatable bonds is 4. The lowest BCUT2D eigenvalue weighted by Crippen LogP contribution is -2.16. The third-order valence-corrected chi connectivity index (χ3v) is 6.69. The Hall–Kier alpha value is -1.15. The van der Waals surface area contributed by atoms with Crippen LogP contribution in [-0.2, 0) is 14.8 Å². The van der Waals surface area contributed by atoms with Crippen LogP contribution in [0.5, 0.6) is 0 Å². The second-order valence-electron chi connectivity index (χ2n) is 5.43. The summed E-state index contributed by atoms with van der Waals surface area (Å²) in [4.78, 5) is 4.61. The summed E-state index contributed by atoms with van der Waals surface area (Å²) < 4.78 is 33.0. The molecule has 5 nitrogen and oxygen atoms in total. The molecule has 8 heteroatoms. The number of anilines is 1. The van der Waals surface area contributed by atoms with Gasteiger partial charge >= 0.3 is 0 Å². The first kappa shape index (κ1) is 16.7. The third kappa shape index (κ3) is 3.68. The number of thiazole rings is 1. The third-order valence-electron chi connectivity index (χ3n) is 3.89. The van der Waals surface area contributed by atoms with Crippen molar-refractivity contribution in [2.75, 3.05) is 17.9 Å². The average Bonchev–Trinajstić information content (AvgIpc) is 2.98. The highest BCUT2D eigenvalue weighted by molar-refractivity contribution is 7.93. The molecular formula is C15H17ClN2O3S2. The van der Waals surface area contributed by atoms with E-state index >= 15 is 0 Å². The van der Waals surface area contributed by atoms with Gasteiger partial charge in [0.05, 0.1) is 10.6 Å². The topological polar surface area (TPSA) is 68.3 Å². The lowest BCUT2D eigenvalue weighted by molar-refractivity contribution is 0.0846. The van der Waals surface area contributed by atoms with Gasteiger partial charge in [-0.05, 0) is 37.5 Å². The van der Waals surface area contributed by atoms with Crippen molar-refractivity contribution < 1.29 is 13.2 Å². The Labute approximate surface area is 144 Å². The van der Waals surface area contributed by atoms with Gasteiger partial charge < -0.3 is 4.74 Å². The number of sulfonamides is 1. The van der Waals surface area contributed by atoms with Gasteiger partial charge in [0.25, 0.3) is 10.0 Å². The molecule has 0 bridgehead atoms. The molecule has 1 aliphatic heterocycles. The van der Waals surface area contributed by atoms with Crippen LogP contribution >= 0.6 is 22.9 Å². The minimum absolute atomic E-state index is 0.174. The predicted molar refractivity (Wildman–Crippen MR) is 91.9 cm³/mol. The van der Waals surface area contributed by atoms with E-state index < -0.39 is 10.0 Å². The Morgan fingerprint density at radius 3 is 2.83 bits per heavy atom. The molecule has 0 unspecified atom stereocenters. The first-order chi connectivity index (χ1) is 11.0. The van der Waals surface area contributed by atoms with Crippen molar-refractivity contribution in [3.63, 3.8) is 0 Å². The largest absolute Gasteiger partial charge is 0.381 e. The van der Waals surface area contributed by atoms with Crippen LogP contribution in [0.15, 0.2) is 28.5 Å². The average molecular weight is 373 g/mol. The number of ether oxygens (including phenoxy) is 1. The normalized spacial score (nSPS) is 16.4. The molecule has 1 saturated heterocycles. The van der Waals surface area contributed by atoms with E-state index in [1.807, 2.05) is 5.38 Å². The molecule has 1 aromatic heterocycles. The van der Waals surface area contributed by atoms with Crippen LogP contribution in [0.2, 0.25) is 5.02 Å². The van der Waals surface area contributed by atoms with Crippen molar-refractivity contribution in [2.45, 2.75) is 30.6 Å². The van der Waals surface area contributed by atoms with E-state index in [0.29, 0.717) is 21.6 Å². The SMILES string of the molecule is Cc1c(Cl)cccc1S(=O)(=O)Nc1nc(C2CCOCC2)cs1. The van der Waals surface area contributed by atoms with Crippen molar-refractivity contribution in [2.24, 2.45) is 0 Å². The van der Waals surface area contributed by atoms with Crippen LogP contribution in [0.3, 0.4) is 0 Å². The summed E-state index contributed by atoms with van der Waals surface area (Å²) in [5, 5.41) is 2.72. The molecule has 1 aliphatic rings. The van der Waals surface area contributed by atoms with Crippen LogP contribution < -0.4 is 4.72 Å². The summed E-state index contributed by atoms with van der Waals surface area (Å²) in [6.45, 7) is 3.14. The maximum absolute atomic E-state index is 12.5. The standard InChI is InChI=1S/C15H17ClN2O3S2/c1-10-12(16)3-2-4-14(10)23(19,20)18-15-17-13(9-22-15)11-5-7-21-8-6-11/h2-4,9,11H,5-8H2,1H3,(H,17,18). The molecule has 2 heterocycles. The summed E-state index contributed by atoms with van der Waals surface area (Å²) in [6, 6.07) is 4.83. The Morgan fingerprint density at radius 2 is 2.09 bits per heavy atom. The number of hydrogen-bond acceptors (Lipinski definition) is 5. The maximum atomic E-state index is 12.5. The first-order valence-corrected chi connectivity index (χ1v) is 10.0. The first-order valence-electron chi connectivity index (χ1n) is 7.28. The fourth-order valence-electron chi connectivity index (χ4n) is 2.56. The molecule has 1 fully saturated rings. The van der Waals surface area contributed by atoms with Crippen LogP contribution in [0.1, 0.15) is 30.0 Å². The molecule has 0 atom stereocenters. The van der Waals surface area contributed by atoms with Crippen LogP contribution in [0.4, 0.5) is 5.13 Å². The molecule has 2 aromatic rings. The Kier molecular flexibility index (Phi) is 4.91. The fraction of sp³-hybridized carbons (Fsp3) is 0.400. The zero-order valence-electron chi connectivity index (χ0n) is 12.6. The minimum Gasteiger partial charge on any atom is -0.381 e. The molecule has 0 amide bonds. The minimum atomic E-state index is -3.70. The van der Waals surface area contributed by atoms with Crippen molar-refractivity contribution in [1.82, 2.24) is 4.98 Å². The molecular weight excluding hydrogens is 356 g/mol. The van der Waals surface area contributed by atoms with Gasteiger partial charge in [0.15, 0.2) is 5.13 Å². The molecule has 0 aliphatic carbocycles. The monoisotopic (exact) mass is 372 g/mol. The summed E-state index contributed by atoms with van der Waals surface area (Å²) in [7, 11) is -3.70. The fourth-order valence-corrected chi connectivity index (χ4v) is 5.11. The maximum Gasteiger partial charge on any atom is 0.263 e. The number of benzene rings is 1. The number of hydrogen-bond donors (Lipinski definition) is 1. The molecule has 1 aromatic carbocycles. The molecule has 0 saturated carbocycles. The van der Waals surface area contributed by atoms with E-state index in [2.05, 4.69) is 9.71 Å². The molecule has 1 N–H and O–H groups in total. The van der Waals surface area contributed by atoms with Crippen LogP contribution in [-0.4, -0.2) is 26.6 Å². The molecule has 0 spiro atoms. The van der Waals surface area contributed by atoms with Crippen molar-refractivity contribution in [1.29, 1.82) is 0 Å². The Bertz CT molecular complexity index is 799. The number of nitrogens with one attached hydrogen (secondary N) is 1. The number of halogens is 1. The Morgan fingerprint density at radius 1 is 1.35 bits per heavy atom. The van der Waals surface area contributed by atoms with Gasteiger partial charge in [-0.1, -0.05) is 17.7 Å². The van der Waals surface area contributed by atoms with Gasteiger partial charge in [0, 0.05) is 29.5 Å².